The van der Waals surface area contributed by atoms with Gasteiger partial charge in [-0.3, -0.25) is 14.4 Å². The van der Waals surface area contributed by atoms with Crippen LogP contribution in [0.15, 0.2) is 54.6 Å². The minimum absolute atomic E-state index is 0.0546. The molecular weight excluding hydrogens is 454 g/mol. The van der Waals surface area contributed by atoms with Crippen LogP contribution in [-0.4, -0.2) is 46.7 Å². The fourth-order valence-electron chi connectivity index (χ4n) is 5.85. The third kappa shape index (κ3) is 4.73. The minimum Gasteiger partial charge on any atom is -0.364 e. The zero-order chi connectivity index (χ0) is 25.2. The molecule has 1 saturated heterocycles. The fourth-order valence-corrected chi connectivity index (χ4v) is 5.85. The summed E-state index contributed by atoms with van der Waals surface area (Å²) in [6.45, 7) is 1.23. The molecule has 0 radical (unpaired) electrons. The second-order valence-corrected chi connectivity index (χ2v) is 10.1. The molecule has 0 spiro atoms. The first-order valence-corrected chi connectivity index (χ1v) is 12.7. The highest BCUT2D eigenvalue weighted by molar-refractivity contribution is 6.01. The van der Waals surface area contributed by atoms with Crippen LogP contribution in [0, 0.1) is 11.8 Å². The first-order valence-electron chi connectivity index (χ1n) is 12.7. The number of hydrogen-bond donors (Lipinski definition) is 4. The molecule has 1 aliphatic heterocycles. The highest BCUT2D eigenvalue weighted by Gasteiger charge is 2.44. The number of aromatic nitrogens is 1. The van der Waals surface area contributed by atoms with Crippen molar-refractivity contribution in [3.8, 4) is 0 Å². The number of anilines is 1. The number of nitrogens with zero attached hydrogens (tertiary/aromatic N) is 1. The van der Waals surface area contributed by atoms with Gasteiger partial charge < -0.3 is 26.7 Å². The van der Waals surface area contributed by atoms with E-state index in [4.69, 9.17) is 11.5 Å². The number of primary amides is 1. The third-order valence-corrected chi connectivity index (χ3v) is 7.86. The number of carbonyl (C=O) groups excluding carboxylic acids is 3. The Bertz CT molecular complexity index is 1260. The molecule has 2 heterocycles. The van der Waals surface area contributed by atoms with Gasteiger partial charge in [0.25, 0.3) is 5.91 Å². The van der Waals surface area contributed by atoms with E-state index in [1.54, 1.807) is 23.1 Å². The van der Waals surface area contributed by atoms with Crippen molar-refractivity contribution in [2.24, 2.45) is 23.3 Å². The number of likely N-dealkylation sites (tertiary alicyclic amines) is 1. The SMILES string of the molecule is NC[C@H]1CC[C@H](C(=O)N2CCC(c3ccccc3)C2C(=O)Nc2ccc3[nH]c(C(N)=O)cc3c2)CC1. The van der Waals surface area contributed by atoms with Gasteiger partial charge in [0.2, 0.25) is 11.8 Å². The van der Waals surface area contributed by atoms with Crippen molar-refractivity contribution < 1.29 is 14.4 Å². The monoisotopic (exact) mass is 487 g/mol. The lowest BCUT2D eigenvalue weighted by Gasteiger charge is -2.33. The molecule has 36 heavy (non-hydrogen) atoms. The first-order chi connectivity index (χ1) is 17.4. The smallest absolute Gasteiger partial charge is 0.265 e. The number of aromatic amines is 1. The summed E-state index contributed by atoms with van der Waals surface area (Å²) < 4.78 is 0. The standard InChI is InChI=1S/C28H33N5O3/c29-16-17-6-8-19(9-7-17)28(36)33-13-12-22(18-4-2-1-3-5-18)25(33)27(35)31-21-10-11-23-20(14-21)15-24(32-23)26(30)34/h1-5,10-11,14-15,17,19,22,25,32H,6-9,12-13,16,29H2,(H2,30,34)(H,31,35)/t17-,19-,22?,25?. The van der Waals surface area contributed by atoms with Gasteiger partial charge in [0.15, 0.2) is 0 Å². The number of nitrogens with two attached hydrogens (primary N) is 2. The molecule has 2 atom stereocenters. The number of H-pyrrole nitrogens is 1. The number of fused-ring (bicyclic) bond motifs is 1. The number of hydrogen-bond acceptors (Lipinski definition) is 4. The van der Waals surface area contributed by atoms with E-state index in [0.29, 0.717) is 30.4 Å². The Labute approximate surface area is 210 Å². The third-order valence-electron chi connectivity index (χ3n) is 7.86. The van der Waals surface area contributed by atoms with Crippen molar-refractivity contribution in [3.05, 3.63) is 65.9 Å². The second-order valence-electron chi connectivity index (χ2n) is 10.1. The molecule has 8 nitrogen and oxygen atoms in total. The lowest BCUT2D eigenvalue weighted by atomic mass is 9.81. The predicted molar refractivity (Wildman–Crippen MR) is 139 cm³/mol. The fraction of sp³-hybridized carbons (Fsp3) is 0.393. The molecule has 1 saturated carbocycles. The van der Waals surface area contributed by atoms with Crippen molar-refractivity contribution in [2.75, 3.05) is 18.4 Å². The summed E-state index contributed by atoms with van der Waals surface area (Å²) >= 11 is 0. The zero-order valence-electron chi connectivity index (χ0n) is 20.3. The zero-order valence-corrected chi connectivity index (χ0v) is 20.3. The summed E-state index contributed by atoms with van der Waals surface area (Å²) in [4.78, 5) is 43.7. The number of benzene rings is 2. The van der Waals surface area contributed by atoms with Crippen LogP contribution >= 0.6 is 0 Å². The number of rotatable bonds is 6. The van der Waals surface area contributed by atoms with Crippen LogP contribution < -0.4 is 16.8 Å². The summed E-state index contributed by atoms with van der Waals surface area (Å²) in [5.74, 6) is -0.300. The summed E-state index contributed by atoms with van der Waals surface area (Å²) in [5, 5.41) is 3.81. The normalized spacial score (nSPS) is 24.1. The maximum atomic E-state index is 13.7. The van der Waals surface area contributed by atoms with Crippen LogP contribution in [0.4, 0.5) is 5.69 Å². The van der Waals surface area contributed by atoms with Crippen molar-refractivity contribution in [1.29, 1.82) is 0 Å². The van der Waals surface area contributed by atoms with Crippen LogP contribution in [-0.2, 0) is 9.59 Å². The molecular formula is C28H33N5O3. The predicted octanol–water partition coefficient (Wildman–Crippen LogP) is 3.36. The van der Waals surface area contributed by atoms with E-state index >= 15 is 0 Å². The molecule has 0 bridgehead atoms. The van der Waals surface area contributed by atoms with E-state index in [9.17, 15) is 14.4 Å². The van der Waals surface area contributed by atoms with Gasteiger partial charge in [0.05, 0.1) is 0 Å². The summed E-state index contributed by atoms with van der Waals surface area (Å²) in [6, 6.07) is 16.4. The van der Waals surface area contributed by atoms with Crippen LogP contribution in [0.2, 0.25) is 0 Å². The highest BCUT2D eigenvalue weighted by atomic mass is 16.2. The van der Waals surface area contributed by atoms with Gasteiger partial charge in [0, 0.05) is 35.0 Å². The van der Waals surface area contributed by atoms with Gasteiger partial charge in [-0.05, 0) is 74.4 Å². The van der Waals surface area contributed by atoms with E-state index < -0.39 is 11.9 Å². The lowest BCUT2D eigenvalue weighted by molar-refractivity contribution is -0.141. The Hall–Kier alpha value is -3.65. The molecule has 2 aromatic carbocycles. The van der Waals surface area contributed by atoms with Crippen LogP contribution in [0.25, 0.3) is 10.9 Å². The molecule has 3 aromatic rings. The van der Waals surface area contributed by atoms with Crippen LogP contribution in [0.5, 0.6) is 0 Å². The Morgan fingerprint density at radius 3 is 2.42 bits per heavy atom. The Balaban J connectivity index is 1.39. The average molecular weight is 488 g/mol. The molecule has 8 heteroatoms. The molecule has 2 fully saturated rings. The summed E-state index contributed by atoms with van der Waals surface area (Å²) in [7, 11) is 0. The first kappa shape index (κ1) is 24.1. The number of nitrogens with one attached hydrogen (secondary N) is 2. The Morgan fingerprint density at radius 2 is 1.72 bits per heavy atom. The van der Waals surface area contributed by atoms with E-state index in [0.717, 1.165) is 48.6 Å². The maximum Gasteiger partial charge on any atom is 0.265 e. The van der Waals surface area contributed by atoms with E-state index in [2.05, 4.69) is 10.3 Å². The van der Waals surface area contributed by atoms with Crippen molar-refractivity contribution in [2.45, 2.75) is 44.1 Å². The molecule has 2 aliphatic rings. The van der Waals surface area contributed by atoms with Gasteiger partial charge in [-0.2, -0.15) is 0 Å². The van der Waals surface area contributed by atoms with E-state index in [1.165, 1.54) is 0 Å². The van der Waals surface area contributed by atoms with E-state index in [1.807, 2.05) is 36.4 Å². The molecule has 1 aliphatic carbocycles. The second kappa shape index (κ2) is 10.1. The molecule has 6 N–H and O–H groups in total. The number of amides is 3. The molecule has 3 amide bonds. The van der Waals surface area contributed by atoms with Crippen molar-refractivity contribution in [1.82, 2.24) is 9.88 Å². The average Bonchev–Trinajstić information content (AvgIpc) is 3.54. The topological polar surface area (TPSA) is 134 Å². The van der Waals surface area contributed by atoms with Gasteiger partial charge in [0.1, 0.15) is 11.7 Å². The summed E-state index contributed by atoms with van der Waals surface area (Å²) in [5.41, 5.74) is 14.0. The lowest BCUT2D eigenvalue weighted by Crippen LogP contribution is -2.48. The van der Waals surface area contributed by atoms with Gasteiger partial charge in [-0.15, -0.1) is 0 Å². The van der Waals surface area contributed by atoms with Crippen molar-refractivity contribution >= 4 is 34.3 Å². The molecule has 2 unspecified atom stereocenters. The highest BCUT2D eigenvalue weighted by Crippen LogP contribution is 2.38. The summed E-state index contributed by atoms with van der Waals surface area (Å²) in [6.07, 6.45) is 4.32. The van der Waals surface area contributed by atoms with Gasteiger partial charge >= 0.3 is 0 Å². The molecule has 5 rings (SSSR count). The number of carbonyl (C=O) groups is 3. The van der Waals surface area contributed by atoms with Crippen LogP contribution in [0.1, 0.15) is 54.1 Å². The van der Waals surface area contributed by atoms with E-state index in [-0.39, 0.29) is 23.7 Å². The quantitative estimate of drug-likeness (QED) is 0.424. The van der Waals surface area contributed by atoms with Gasteiger partial charge in [-0.1, -0.05) is 30.3 Å². The Kier molecular flexibility index (Phi) is 6.78. The largest absolute Gasteiger partial charge is 0.364 e. The molecule has 188 valence electrons. The van der Waals surface area contributed by atoms with Crippen molar-refractivity contribution in [3.63, 3.8) is 0 Å². The molecule has 1 aromatic heterocycles. The van der Waals surface area contributed by atoms with Gasteiger partial charge in [-0.25, -0.2) is 0 Å². The minimum atomic E-state index is -0.588. The van der Waals surface area contributed by atoms with Crippen LogP contribution in [0.3, 0.4) is 0 Å². The maximum absolute atomic E-state index is 13.7. The Morgan fingerprint density at radius 1 is 0.972 bits per heavy atom.